The van der Waals surface area contributed by atoms with E-state index < -0.39 is 0 Å². The molecule has 0 bridgehead atoms. The summed E-state index contributed by atoms with van der Waals surface area (Å²) in [6.45, 7) is 3.44. The fraction of sp³-hybridized carbons (Fsp3) is 0.500. The summed E-state index contributed by atoms with van der Waals surface area (Å²) in [4.78, 5) is 0. The molecule has 1 aromatic rings. The van der Waals surface area contributed by atoms with Crippen molar-refractivity contribution in [3.8, 4) is 0 Å². The van der Waals surface area contributed by atoms with Crippen molar-refractivity contribution in [3.05, 3.63) is 29.6 Å². The molecular formula is C12H18FNO. The normalized spacial score (nSPS) is 10.3. The SMILES string of the molecule is CCc1ccc(NCCCOC)c(F)c1. The Balaban J connectivity index is 2.47. The van der Waals surface area contributed by atoms with E-state index in [1.54, 1.807) is 19.2 Å². The van der Waals surface area contributed by atoms with Gasteiger partial charge < -0.3 is 10.1 Å². The minimum absolute atomic E-state index is 0.174. The van der Waals surface area contributed by atoms with Crippen LogP contribution in [0.1, 0.15) is 18.9 Å². The van der Waals surface area contributed by atoms with Crippen molar-refractivity contribution in [2.75, 3.05) is 25.6 Å². The lowest BCUT2D eigenvalue weighted by Gasteiger charge is -2.08. The van der Waals surface area contributed by atoms with Crippen molar-refractivity contribution >= 4 is 5.69 Å². The zero-order valence-corrected chi connectivity index (χ0v) is 9.35. The summed E-state index contributed by atoms with van der Waals surface area (Å²) in [6.07, 6.45) is 1.74. The zero-order valence-electron chi connectivity index (χ0n) is 9.35. The molecule has 0 heterocycles. The molecule has 0 saturated heterocycles. The monoisotopic (exact) mass is 211 g/mol. The summed E-state index contributed by atoms with van der Waals surface area (Å²) >= 11 is 0. The quantitative estimate of drug-likeness (QED) is 0.730. The smallest absolute Gasteiger partial charge is 0.146 e. The first-order chi connectivity index (χ1) is 7.27. The summed E-state index contributed by atoms with van der Waals surface area (Å²) in [5, 5.41) is 3.04. The number of anilines is 1. The first-order valence-corrected chi connectivity index (χ1v) is 5.29. The van der Waals surface area contributed by atoms with Gasteiger partial charge in [-0.1, -0.05) is 13.0 Å². The molecule has 0 saturated carbocycles. The van der Waals surface area contributed by atoms with E-state index in [4.69, 9.17) is 4.74 Å². The highest BCUT2D eigenvalue weighted by molar-refractivity contribution is 5.46. The van der Waals surface area contributed by atoms with Crippen molar-refractivity contribution in [1.29, 1.82) is 0 Å². The van der Waals surface area contributed by atoms with Crippen LogP contribution in [-0.4, -0.2) is 20.3 Å². The lowest BCUT2D eigenvalue weighted by Crippen LogP contribution is -2.06. The van der Waals surface area contributed by atoms with Gasteiger partial charge >= 0.3 is 0 Å². The van der Waals surface area contributed by atoms with Gasteiger partial charge in [-0.05, 0) is 30.5 Å². The number of benzene rings is 1. The highest BCUT2D eigenvalue weighted by atomic mass is 19.1. The van der Waals surface area contributed by atoms with Crippen LogP contribution in [0.3, 0.4) is 0 Å². The maximum atomic E-state index is 13.5. The molecule has 0 atom stereocenters. The van der Waals surface area contributed by atoms with Crippen molar-refractivity contribution in [1.82, 2.24) is 0 Å². The Labute approximate surface area is 90.4 Å². The molecule has 0 unspecified atom stereocenters. The van der Waals surface area contributed by atoms with Gasteiger partial charge in [0.1, 0.15) is 5.82 Å². The molecule has 0 radical (unpaired) electrons. The topological polar surface area (TPSA) is 21.3 Å². The van der Waals surface area contributed by atoms with Crippen LogP contribution < -0.4 is 5.32 Å². The van der Waals surface area contributed by atoms with Crippen LogP contribution in [0, 0.1) is 5.82 Å². The molecule has 0 aromatic heterocycles. The number of ether oxygens (including phenoxy) is 1. The molecule has 0 aliphatic rings. The summed E-state index contributed by atoms with van der Waals surface area (Å²) in [5.41, 5.74) is 1.60. The number of hydrogen-bond acceptors (Lipinski definition) is 2. The second kappa shape index (κ2) is 6.40. The largest absolute Gasteiger partial charge is 0.385 e. The number of halogens is 1. The van der Waals surface area contributed by atoms with Crippen molar-refractivity contribution in [3.63, 3.8) is 0 Å². The van der Waals surface area contributed by atoms with Crippen molar-refractivity contribution < 1.29 is 9.13 Å². The molecule has 1 aromatic carbocycles. The van der Waals surface area contributed by atoms with Crippen LogP contribution in [0.25, 0.3) is 0 Å². The van der Waals surface area contributed by atoms with E-state index in [1.165, 1.54) is 0 Å². The second-order valence-corrected chi connectivity index (χ2v) is 3.44. The average molecular weight is 211 g/mol. The Kier molecular flexibility index (Phi) is 5.12. The van der Waals surface area contributed by atoms with Crippen LogP contribution in [-0.2, 0) is 11.2 Å². The summed E-state index contributed by atoms with van der Waals surface area (Å²) < 4.78 is 18.4. The average Bonchev–Trinajstić information content (AvgIpc) is 2.26. The molecule has 1 rings (SSSR count). The van der Waals surface area contributed by atoms with E-state index >= 15 is 0 Å². The van der Waals surface area contributed by atoms with Gasteiger partial charge in [-0.15, -0.1) is 0 Å². The third-order valence-electron chi connectivity index (χ3n) is 2.28. The van der Waals surface area contributed by atoms with Gasteiger partial charge in [-0.2, -0.15) is 0 Å². The maximum Gasteiger partial charge on any atom is 0.146 e. The number of methoxy groups -OCH3 is 1. The van der Waals surface area contributed by atoms with Crippen LogP contribution in [0.5, 0.6) is 0 Å². The Morgan fingerprint density at radius 3 is 2.80 bits per heavy atom. The highest BCUT2D eigenvalue weighted by Gasteiger charge is 2.01. The fourth-order valence-electron chi connectivity index (χ4n) is 1.36. The van der Waals surface area contributed by atoms with E-state index in [9.17, 15) is 4.39 Å². The molecule has 1 N–H and O–H groups in total. The first kappa shape index (κ1) is 12.0. The molecule has 0 spiro atoms. The maximum absolute atomic E-state index is 13.5. The fourth-order valence-corrected chi connectivity index (χ4v) is 1.36. The zero-order chi connectivity index (χ0) is 11.1. The molecule has 2 nitrogen and oxygen atoms in total. The van der Waals surface area contributed by atoms with Crippen LogP contribution in [0.4, 0.5) is 10.1 Å². The summed E-state index contributed by atoms with van der Waals surface area (Å²) in [7, 11) is 1.66. The molecule has 0 amide bonds. The summed E-state index contributed by atoms with van der Waals surface area (Å²) in [5.74, 6) is -0.174. The lowest BCUT2D eigenvalue weighted by atomic mass is 10.1. The van der Waals surface area contributed by atoms with Crippen LogP contribution >= 0.6 is 0 Å². The van der Waals surface area contributed by atoms with Crippen LogP contribution in [0.15, 0.2) is 18.2 Å². The van der Waals surface area contributed by atoms with E-state index in [0.29, 0.717) is 12.3 Å². The Morgan fingerprint density at radius 2 is 2.20 bits per heavy atom. The highest BCUT2D eigenvalue weighted by Crippen LogP contribution is 2.15. The Morgan fingerprint density at radius 1 is 1.40 bits per heavy atom. The minimum Gasteiger partial charge on any atom is -0.385 e. The number of aryl methyl sites for hydroxylation is 1. The molecule has 15 heavy (non-hydrogen) atoms. The predicted molar refractivity (Wildman–Crippen MR) is 60.8 cm³/mol. The van der Waals surface area contributed by atoms with Crippen LogP contribution in [0.2, 0.25) is 0 Å². The van der Waals surface area contributed by atoms with Crippen molar-refractivity contribution in [2.45, 2.75) is 19.8 Å². The molecule has 0 fully saturated rings. The molecule has 84 valence electrons. The Hall–Kier alpha value is -1.09. The third kappa shape index (κ3) is 3.88. The van der Waals surface area contributed by atoms with Gasteiger partial charge in [0.25, 0.3) is 0 Å². The van der Waals surface area contributed by atoms with Gasteiger partial charge in [0.2, 0.25) is 0 Å². The van der Waals surface area contributed by atoms with E-state index in [2.05, 4.69) is 5.32 Å². The van der Waals surface area contributed by atoms with Gasteiger partial charge in [-0.3, -0.25) is 0 Å². The third-order valence-corrected chi connectivity index (χ3v) is 2.28. The van der Waals surface area contributed by atoms with Gasteiger partial charge in [0.15, 0.2) is 0 Å². The van der Waals surface area contributed by atoms with Gasteiger partial charge in [0, 0.05) is 20.3 Å². The molecule has 0 aliphatic heterocycles. The molecule has 3 heteroatoms. The minimum atomic E-state index is -0.174. The molecular weight excluding hydrogens is 193 g/mol. The van der Waals surface area contributed by atoms with E-state index in [0.717, 1.165) is 24.9 Å². The Bertz CT molecular complexity index is 302. The predicted octanol–water partition coefficient (Wildman–Crippen LogP) is 2.84. The number of nitrogens with one attached hydrogen (secondary N) is 1. The van der Waals surface area contributed by atoms with Gasteiger partial charge in [-0.25, -0.2) is 4.39 Å². The lowest BCUT2D eigenvalue weighted by molar-refractivity contribution is 0.197. The molecule has 0 aliphatic carbocycles. The first-order valence-electron chi connectivity index (χ1n) is 5.29. The number of hydrogen-bond donors (Lipinski definition) is 1. The second-order valence-electron chi connectivity index (χ2n) is 3.44. The van der Waals surface area contributed by atoms with Gasteiger partial charge in [0.05, 0.1) is 5.69 Å². The number of rotatable bonds is 6. The summed E-state index contributed by atoms with van der Waals surface area (Å²) in [6, 6.07) is 5.32. The standard InChI is InChI=1S/C12H18FNO/c1-3-10-5-6-12(11(13)9-10)14-7-4-8-15-2/h5-6,9,14H,3-4,7-8H2,1-2H3. The van der Waals surface area contributed by atoms with Crippen molar-refractivity contribution in [2.24, 2.45) is 0 Å². The van der Waals surface area contributed by atoms with E-state index in [1.807, 2.05) is 13.0 Å². The van der Waals surface area contributed by atoms with E-state index in [-0.39, 0.29) is 5.82 Å².